The number of hydrogen-bond donors (Lipinski definition) is 2. The number of halogens is 1. The fourth-order valence-corrected chi connectivity index (χ4v) is 4.10. The van der Waals surface area contributed by atoms with Gasteiger partial charge in [0.05, 0.1) is 16.8 Å². The zero-order valence-corrected chi connectivity index (χ0v) is 17.3. The van der Waals surface area contributed by atoms with E-state index in [4.69, 9.17) is 0 Å². The molecule has 31 heavy (non-hydrogen) atoms. The van der Waals surface area contributed by atoms with E-state index >= 15 is 0 Å². The highest BCUT2D eigenvalue weighted by Gasteiger charge is 2.22. The summed E-state index contributed by atoms with van der Waals surface area (Å²) in [5, 5.41) is 6.01. The molecule has 0 aliphatic heterocycles. The lowest BCUT2D eigenvalue weighted by Crippen LogP contribution is -2.25. The Kier molecular flexibility index (Phi) is 5.84. The molecule has 3 aromatic rings. The van der Waals surface area contributed by atoms with E-state index < -0.39 is 11.7 Å². The van der Waals surface area contributed by atoms with Crippen LogP contribution in [0.4, 0.5) is 15.8 Å². The van der Waals surface area contributed by atoms with Crippen molar-refractivity contribution in [1.82, 2.24) is 4.57 Å². The number of aryl methyl sites for hydroxylation is 1. The van der Waals surface area contributed by atoms with Crippen LogP contribution >= 0.6 is 0 Å². The van der Waals surface area contributed by atoms with Gasteiger partial charge in [-0.2, -0.15) is 0 Å². The van der Waals surface area contributed by atoms with Gasteiger partial charge in [-0.25, -0.2) is 4.39 Å². The summed E-state index contributed by atoms with van der Waals surface area (Å²) in [5.74, 6) is -1.36. The summed E-state index contributed by atoms with van der Waals surface area (Å²) in [4.78, 5) is 37.7. The van der Waals surface area contributed by atoms with Crippen molar-refractivity contribution in [2.45, 2.75) is 32.1 Å². The van der Waals surface area contributed by atoms with E-state index in [1.165, 1.54) is 28.8 Å². The van der Waals surface area contributed by atoms with Crippen LogP contribution in [0.3, 0.4) is 0 Å². The molecule has 0 atom stereocenters. The lowest BCUT2D eigenvalue weighted by molar-refractivity contribution is -0.120. The number of aromatic nitrogens is 1. The second-order valence-electron chi connectivity index (χ2n) is 7.95. The van der Waals surface area contributed by atoms with E-state index in [-0.39, 0.29) is 28.6 Å². The van der Waals surface area contributed by atoms with Crippen LogP contribution in [0.1, 0.15) is 42.5 Å². The molecule has 0 bridgehead atoms. The van der Waals surface area contributed by atoms with E-state index in [1.54, 1.807) is 31.3 Å². The number of nitrogens with one attached hydrogen (secondary N) is 2. The Morgan fingerprint density at radius 2 is 1.74 bits per heavy atom. The second kappa shape index (κ2) is 8.71. The van der Waals surface area contributed by atoms with Crippen molar-refractivity contribution in [3.05, 3.63) is 70.3 Å². The van der Waals surface area contributed by atoms with Crippen molar-refractivity contribution in [2.75, 3.05) is 10.6 Å². The summed E-state index contributed by atoms with van der Waals surface area (Å²) in [6.07, 6.45) is 4.74. The lowest BCUT2D eigenvalue weighted by atomic mass is 9.88. The highest BCUT2D eigenvalue weighted by Crippen LogP contribution is 2.27. The Morgan fingerprint density at radius 1 is 1.00 bits per heavy atom. The van der Waals surface area contributed by atoms with Gasteiger partial charge in [-0.1, -0.05) is 37.5 Å². The maximum atomic E-state index is 14.3. The molecule has 2 N–H and O–H groups in total. The minimum atomic E-state index is -0.568. The molecule has 4 rings (SSSR count). The number of benzene rings is 2. The van der Waals surface area contributed by atoms with Crippen molar-refractivity contribution < 1.29 is 14.0 Å². The molecule has 1 saturated carbocycles. The van der Waals surface area contributed by atoms with Gasteiger partial charge in [-0.15, -0.1) is 0 Å². The largest absolute Gasteiger partial charge is 0.323 e. The third-order valence-corrected chi connectivity index (χ3v) is 5.86. The quantitative estimate of drug-likeness (QED) is 0.653. The molecule has 7 heteroatoms. The second-order valence-corrected chi connectivity index (χ2v) is 7.95. The number of amides is 2. The molecule has 1 heterocycles. The monoisotopic (exact) mass is 421 g/mol. The van der Waals surface area contributed by atoms with Crippen LogP contribution in [-0.2, 0) is 11.8 Å². The molecule has 0 saturated heterocycles. The summed E-state index contributed by atoms with van der Waals surface area (Å²) in [6.45, 7) is 0. The molecule has 0 spiro atoms. The summed E-state index contributed by atoms with van der Waals surface area (Å²) < 4.78 is 15.8. The molecular formula is C24H24FN3O3. The summed E-state index contributed by atoms with van der Waals surface area (Å²) in [6, 6.07) is 12.4. The average Bonchev–Trinajstić information content (AvgIpc) is 2.79. The minimum Gasteiger partial charge on any atom is -0.323 e. The fraction of sp³-hybridized carbons (Fsp3) is 0.292. The van der Waals surface area contributed by atoms with Gasteiger partial charge in [-0.3, -0.25) is 14.4 Å². The Morgan fingerprint density at radius 3 is 2.52 bits per heavy atom. The molecule has 1 fully saturated rings. The van der Waals surface area contributed by atoms with Crippen LogP contribution in [0.2, 0.25) is 0 Å². The molecule has 2 amide bonds. The fourth-order valence-electron chi connectivity index (χ4n) is 4.10. The number of para-hydroxylation sites is 1. The van der Waals surface area contributed by atoms with Gasteiger partial charge in [-0.05, 0) is 37.1 Å². The van der Waals surface area contributed by atoms with Crippen LogP contribution in [0.25, 0.3) is 10.9 Å². The first-order chi connectivity index (χ1) is 14.9. The number of rotatable bonds is 4. The number of hydrogen-bond acceptors (Lipinski definition) is 3. The highest BCUT2D eigenvalue weighted by atomic mass is 19.1. The predicted molar refractivity (Wildman–Crippen MR) is 119 cm³/mol. The number of anilines is 2. The number of nitrogens with zero attached hydrogens (tertiary/aromatic N) is 1. The van der Waals surface area contributed by atoms with E-state index in [0.29, 0.717) is 16.6 Å². The van der Waals surface area contributed by atoms with Crippen molar-refractivity contribution in [3.8, 4) is 0 Å². The van der Waals surface area contributed by atoms with Crippen molar-refractivity contribution in [1.29, 1.82) is 0 Å². The minimum absolute atomic E-state index is 0.0298. The number of pyridine rings is 1. The number of carbonyl (C=O) groups is 2. The SMILES string of the molecule is Cn1c(=O)cc(C(=O)Nc2ccc(F)c(NC(=O)C3CCCCC3)c2)c2ccccc21. The van der Waals surface area contributed by atoms with E-state index in [9.17, 15) is 18.8 Å². The molecule has 6 nitrogen and oxygen atoms in total. The van der Waals surface area contributed by atoms with Gasteiger partial charge in [0.2, 0.25) is 5.91 Å². The molecule has 2 aromatic carbocycles. The number of carbonyl (C=O) groups excluding carboxylic acids is 2. The first kappa shape index (κ1) is 20.8. The van der Waals surface area contributed by atoms with Crippen LogP contribution in [-0.4, -0.2) is 16.4 Å². The van der Waals surface area contributed by atoms with Crippen LogP contribution in [0, 0.1) is 11.7 Å². The lowest BCUT2D eigenvalue weighted by Gasteiger charge is -2.21. The molecule has 1 aliphatic rings. The van der Waals surface area contributed by atoms with Crippen LogP contribution < -0.4 is 16.2 Å². The maximum Gasteiger partial charge on any atom is 0.256 e. The zero-order chi connectivity index (χ0) is 22.0. The number of fused-ring (bicyclic) bond motifs is 1. The van der Waals surface area contributed by atoms with Crippen LogP contribution in [0.15, 0.2) is 53.3 Å². The Bertz CT molecular complexity index is 1210. The van der Waals surface area contributed by atoms with Gasteiger partial charge >= 0.3 is 0 Å². The molecule has 1 aliphatic carbocycles. The highest BCUT2D eigenvalue weighted by molar-refractivity contribution is 6.12. The van der Waals surface area contributed by atoms with E-state index in [1.807, 2.05) is 0 Å². The third-order valence-electron chi connectivity index (χ3n) is 5.86. The summed E-state index contributed by atoms with van der Waals surface area (Å²) in [5.41, 5.74) is 0.927. The average molecular weight is 421 g/mol. The topological polar surface area (TPSA) is 80.2 Å². The van der Waals surface area contributed by atoms with Gasteiger partial charge in [0.1, 0.15) is 5.82 Å². The molecule has 1 aromatic heterocycles. The Labute approximate surface area is 179 Å². The van der Waals surface area contributed by atoms with Gasteiger partial charge in [0.15, 0.2) is 0 Å². The van der Waals surface area contributed by atoms with Crippen molar-refractivity contribution in [2.24, 2.45) is 13.0 Å². The maximum absolute atomic E-state index is 14.3. The first-order valence-corrected chi connectivity index (χ1v) is 10.4. The van der Waals surface area contributed by atoms with E-state index in [0.717, 1.165) is 32.1 Å². The van der Waals surface area contributed by atoms with Gasteiger partial charge < -0.3 is 15.2 Å². The van der Waals surface area contributed by atoms with Crippen LogP contribution in [0.5, 0.6) is 0 Å². The molecule has 160 valence electrons. The summed E-state index contributed by atoms with van der Waals surface area (Å²) in [7, 11) is 1.65. The Hall–Kier alpha value is -3.48. The molecular weight excluding hydrogens is 397 g/mol. The zero-order valence-electron chi connectivity index (χ0n) is 17.3. The third kappa shape index (κ3) is 4.35. The predicted octanol–water partition coefficient (Wildman–Crippen LogP) is 4.45. The molecule has 0 radical (unpaired) electrons. The normalized spacial score (nSPS) is 14.4. The Balaban J connectivity index is 1.58. The first-order valence-electron chi connectivity index (χ1n) is 10.4. The van der Waals surface area contributed by atoms with Gasteiger partial charge in [0.25, 0.3) is 11.5 Å². The van der Waals surface area contributed by atoms with Gasteiger partial charge in [0, 0.05) is 30.1 Å². The smallest absolute Gasteiger partial charge is 0.256 e. The standard InChI is InChI=1S/C24H24FN3O3/c1-28-21-10-6-5-9-17(21)18(14-22(28)29)24(31)26-16-11-12-19(25)20(13-16)27-23(30)15-7-3-2-4-8-15/h5-6,9-15H,2-4,7-8H2,1H3,(H,26,31)(H,27,30). The summed E-state index contributed by atoms with van der Waals surface area (Å²) >= 11 is 0. The van der Waals surface area contributed by atoms with E-state index in [2.05, 4.69) is 10.6 Å². The van der Waals surface area contributed by atoms with Crippen molar-refractivity contribution >= 4 is 34.1 Å². The van der Waals surface area contributed by atoms with Crippen molar-refractivity contribution in [3.63, 3.8) is 0 Å². The molecule has 0 unspecified atom stereocenters.